The van der Waals surface area contributed by atoms with Crippen LogP contribution >= 0.6 is 11.3 Å². The maximum Gasteiger partial charge on any atom is 0.240 e. The number of rotatable bonds is 10. The number of carbonyl (C=O) groups excluding carboxylic acids is 2. The molecule has 10 nitrogen and oxygen atoms in total. The number of thiazole rings is 1. The van der Waals surface area contributed by atoms with E-state index in [2.05, 4.69) is 24.1 Å². The lowest BCUT2D eigenvalue weighted by atomic mass is 10.1. The molecule has 36 heavy (non-hydrogen) atoms. The second-order valence-corrected chi connectivity index (χ2v) is 9.79. The summed E-state index contributed by atoms with van der Waals surface area (Å²) in [6, 6.07) is 7.00. The van der Waals surface area contributed by atoms with Gasteiger partial charge in [0.1, 0.15) is 35.9 Å². The first-order valence-corrected chi connectivity index (χ1v) is 12.6. The largest absolute Gasteiger partial charge is 0.491 e. The van der Waals surface area contributed by atoms with E-state index < -0.39 is 18.1 Å². The standard InChI is InChI=1S/C25H31N5O5S/c1-14(2)27-25-29-21(13-36-25)20-11-23(35-17-10-22(24(26)32)30(12-17)15(3)31)18-6-5-16(9-19(18)28-20)34-8-7-33-4/h5-6,9,11,13-14,17,22H,7-8,10,12H2,1-4H3,(H2,26,32)(H,27,29)/t17-,22+/m1/s1. The molecule has 1 fully saturated rings. The quantitative estimate of drug-likeness (QED) is 0.396. The maximum absolute atomic E-state index is 12.1. The third-order valence-electron chi connectivity index (χ3n) is 5.77. The molecule has 3 heterocycles. The fourth-order valence-electron chi connectivity index (χ4n) is 4.12. The molecule has 3 aromatic rings. The molecule has 1 aromatic carbocycles. The minimum Gasteiger partial charge on any atom is -0.491 e. The van der Waals surface area contributed by atoms with E-state index in [1.165, 1.54) is 23.2 Å². The summed E-state index contributed by atoms with van der Waals surface area (Å²) in [5.41, 5.74) is 7.58. The minimum absolute atomic E-state index is 0.212. The van der Waals surface area contributed by atoms with Gasteiger partial charge >= 0.3 is 0 Å². The van der Waals surface area contributed by atoms with Crippen LogP contribution in [0.1, 0.15) is 27.2 Å². The minimum atomic E-state index is -0.691. The number of aromatic nitrogens is 2. The Morgan fingerprint density at radius 2 is 2.03 bits per heavy atom. The molecule has 0 bridgehead atoms. The molecule has 2 aromatic heterocycles. The third-order valence-corrected chi connectivity index (χ3v) is 6.54. The molecule has 0 radical (unpaired) electrons. The van der Waals surface area contributed by atoms with Crippen LogP contribution < -0.4 is 20.5 Å². The number of amides is 2. The molecule has 0 spiro atoms. The van der Waals surface area contributed by atoms with Crippen molar-refractivity contribution in [3.63, 3.8) is 0 Å². The van der Waals surface area contributed by atoms with Gasteiger partial charge in [0.25, 0.3) is 0 Å². The zero-order valence-corrected chi connectivity index (χ0v) is 21.6. The Bertz CT molecular complexity index is 1220. The van der Waals surface area contributed by atoms with Crippen molar-refractivity contribution in [1.29, 1.82) is 0 Å². The summed E-state index contributed by atoms with van der Waals surface area (Å²) >= 11 is 1.50. The monoisotopic (exact) mass is 513 g/mol. The predicted molar refractivity (Wildman–Crippen MR) is 138 cm³/mol. The Kier molecular flexibility index (Phi) is 7.90. The average molecular weight is 514 g/mol. The lowest BCUT2D eigenvalue weighted by Gasteiger charge is -2.19. The lowest BCUT2D eigenvalue weighted by molar-refractivity contribution is -0.135. The highest BCUT2D eigenvalue weighted by Crippen LogP contribution is 2.35. The highest BCUT2D eigenvalue weighted by atomic mass is 32.1. The van der Waals surface area contributed by atoms with E-state index in [-0.39, 0.29) is 18.5 Å². The summed E-state index contributed by atoms with van der Waals surface area (Å²) < 4.78 is 17.2. The Balaban J connectivity index is 1.69. The van der Waals surface area contributed by atoms with Gasteiger partial charge in [0.05, 0.1) is 24.4 Å². The number of likely N-dealkylation sites (tertiary alicyclic amines) is 1. The average Bonchev–Trinajstić information content (AvgIpc) is 3.46. The summed E-state index contributed by atoms with van der Waals surface area (Å²) in [7, 11) is 1.62. The van der Waals surface area contributed by atoms with E-state index in [4.69, 9.17) is 24.9 Å². The van der Waals surface area contributed by atoms with Crippen molar-refractivity contribution in [2.45, 2.75) is 45.4 Å². The fraction of sp³-hybridized carbons (Fsp3) is 0.440. The van der Waals surface area contributed by atoms with Crippen molar-refractivity contribution < 1.29 is 23.8 Å². The number of nitrogens with one attached hydrogen (secondary N) is 1. The SMILES string of the molecule is COCCOc1ccc2c(O[C@@H]3C[C@@H](C(N)=O)N(C(C)=O)C3)cc(-c3csc(NC(C)C)n3)nc2c1. The molecule has 0 unspecified atom stereocenters. The molecule has 1 aliphatic heterocycles. The van der Waals surface area contributed by atoms with Crippen molar-refractivity contribution in [2.75, 3.05) is 32.2 Å². The Labute approximate surface area is 213 Å². The van der Waals surface area contributed by atoms with Crippen LogP contribution in [0.15, 0.2) is 29.6 Å². The van der Waals surface area contributed by atoms with Gasteiger partial charge in [0, 0.05) is 49.4 Å². The number of anilines is 1. The molecule has 0 saturated carbocycles. The van der Waals surface area contributed by atoms with Crippen molar-refractivity contribution in [3.05, 3.63) is 29.6 Å². The van der Waals surface area contributed by atoms with Gasteiger partial charge in [-0.15, -0.1) is 11.3 Å². The van der Waals surface area contributed by atoms with Crippen LogP contribution in [-0.2, 0) is 14.3 Å². The summed E-state index contributed by atoms with van der Waals surface area (Å²) in [5.74, 6) is 0.495. The number of fused-ring (bicyclic) bond motifs is 1. The van der Waals surface area contributed by atoms with Crippen LogP contribution in [0, 0.1) is 0 Å². The van der Waals surface area contributed by atoms with Gasteiger partial charge in [-0.25, -0.2) is 9.97 Å². The smallest absolute Gasteiger partial charge is 0.240 e. The number of carbonyl (C=O) groups is 2. The van der Waals surface area contributed by atoms with Gasteiger partial charge in [0.15, 0.2) is 5.13 Å². The zero-order chi connectivity index (χ0) is 25.8. The molecular formula is C25H31N5O5S. The first-order valence-electron chi connectivity index (χ1n) is 11.8. The van der Waals surface area contributed by atoms with E-state index in [1.807, 2.05) is 29.6 Å². The molecule has 11 heteroatoms. The number of primary amides is 1. The highest BCUT2D eigenvalue weighted by Gasteiger charge is 2.38. The number of hydrogen-bond acceptors (Lipinski definition) is 9. The number of hydrogen-bond donors (Lipinski definition) is 2. The van der Waals surface area contributed by atoms with E-state index in [0.29, 0.717) is 48.0 Å². The molecule has 0 aliphatic carbocycles. The topological polar surface area (TPSA) is 129 Å². The molecule has 4 rings (SSSR count). The number of ether oxygens (including phenoxy) is 3. The van der Waals surface area contributed by atoms with Crippen LogP contribution in [-0.4, -0.2) is 71.7 Å². The summed E-state index contributed by atoms with van der Waals surface area (Å²) in [4.78, 5) is 34.9. The van der Waals surface area contributed by atoms with E-state index in [9.17, 15) is 9.59 Å². The van der Waals surface area contributed by atoms with Crippen LogP contribution in [0.5, 0.6) is 11.5 Å². The number of benzene rings is 1. The summed E-state index contributed by atoms with van der Waals surface area (Å²) in [5, 5.41) is 6.84. The number of nitrogens with two attached hydrogens (primary N) is 1. The van der Waals surface area contributed by atoms with Gasteiger partial charge < -0.3 is 30.2 Å². The van der Waals surface area contributed by atoms with Crippen molar-refractivity contribution in [3.8, 4) is 22.9 Å². The molecule has 192 valence electrons. The molecular weight excluding hydrogens is 482 g/mol. The van der Waals surface area contributed by atoms with Crippen molar-refractivity contribution in [1.82, 2.24) is 14.9 Å². The van der Waals surface area contributed by atoms with Crippen LogP contribution in [0.2, 0.25) is 0 Å². The van der Waals surface area contributed by atoms with Gasteiger partial charge in [-0.3, -0.25) is 9.59 Å². The lowest BCUT2D eigenvalue weighted by Crippen LogP contribution is -2.42. The number of methoxy groups -OCH3 is 1. The zero-order valence-electron chi connectivity index (χ0n) is 20.8. The Morgan fingerprint density at radius 1 is 1.22 bits per heavy atom. The molecule has 2 atom stereocenters. The van der Waals surface area contributed by atoms with Crippen molar-refractivity contribution in [2.24, 2.45) is 5.73 Å². The predicted octanol–water partition coefficient (Wildman–Crippen LogP) is 3.06. The summed E-state index contributed by atoms with van der Waals surface area (Å²) in [6.45, 7) is 6.70. The third kappa shape index (κ3) is 5.85. The number of nitrogens with zero attached hydrogens (tertiary/aromatic N) is 3. The highest BCUT2D eigenvalue weighted by molar-refractivity contribution is 7.14. The van der Waals surface area contributed by atoms with Gasteiger partial charge in [-0.1, -0.05) is 0 Å². The first-order chi connectivity index (χ1) is 17.2. The summed E-state index contributed by atoms with van der Waals surface area (Å²) in [6.07, 6.45) is -0.0677. The van der Waals surface area contributed by atoms with Gasteiger partial charge in [-0.2, -0.15) is 0 Å². The second-order valence-electron chi connectivity index (χ2n) is 8.93. The normalized spacial score (nSPS) is 17.5. The second kappa shape index (κ2) is 11.1. The molecule has 1 saturated heterocycles. The van der Waals surface area contributed by atoms with Gasteiger partial charge in [-0.05, 0) is 26.0 Å². The van der Waals surface area contributed by atoms with Crippen LogP contribution in [0.3, 0.4) is 0 Å². The Morgan fingerprint density at radius 3 is 2.69 bits per heavy atom. The van der Waals surface area contributed by atoms with E-state index in [1.54, 1.807) is 7.11 Å². The first kappa shape index (κ1) is 25.6. The van der Waals surface area contributed by atoms with E-state index in [0.717, 1.165) is 10.5 Å². The maximum atomic E-state index is 12.1. The Hall–Kier alpha value is -3.44. The fourth-order valence-corrected chi connectivity index (χ4v) is 4.97. The molecule has 1 aliphatic rings. The molecule has 3 N–H and O–H groups in total. The van der Waals surface area contributed by atoms with Gasteiger partial charge in [0.2, 0.25) is 11.8 Å². The molecule has 2 amide bonds. The number of pyridine rings is 1. The van der Waals surface area contributed by atoms with Crippen molar-refractivity contribution >= 4 is 39.2 Å². The van der Waals surface area contributed by atoms with Crippen LogP contribution in [0.25, 0.3) is 22.3 Å². The van der Waals surface area contributed by atoms with E-state index >= 15 is 0 Å². The van der Waals surface area contributed by atoms with Crippen LogP contribution in [0.4, 0.5) is 5.13 Å².